The van der Waals surface area contributed by atoms with Gasteiger partial charge in [0.2, 0.25) is 0 Å². The van der Waals surface area contributed by atoms with E-state index in [1.54, 1.807) is 0 Å². The van der Waals surface area contributed by atoms with Crippen molar-refractivity contribution in [3.05, 3.63) is 28.8 Å². The van der Waals surface area contributed by atoms with Crippen LogP contribution in [-0.2, 0) is 24.1 Å². The predicted octanol–water partition coefficient (Wildman–Crippen LogP) is 4.45. The van der Waals surface area contributed by atoms with Gasteiger partial charge in [0, 0.05) is 36.9 Å². The Hall–Kier alpha value is -1.58. The molecule has 8 rings (SSSR count). The van der Waals surface area contributed by atoms with Gasteiger partial charge in [-0.2, -0.15) is 0 Å². The Kier molecular flexibility index (Phi) is 5.82. The lowest BCUT2D eigenvalue weighted by Crippen LogP contribution is -2.86. The lowest BCUT2D eigenvalue weighted by molar-refractivity contribution is -0.381. The second kappa shape index (κ2) is 8.71. The third-order valence-electron chi connectivity index (χ3n) is 12.3. The molecule has 9 atom stereocenters. The first-order chi connectivity index (χ1) is 18.3. The van der Waals surface area contributed by atoms with E-state index >= 15 is 0 Å². The molecule has 7 aliphatic rings. The highest BCUT2D eigenvalue weighted by molar-refractivity contribution is 5.45. The molecule has 5 heteroatoms. The summed E-state index contributed by atoms with van der Waals surface area (Å²) >= 11 is 0. The molecule has 0 unspecified atom stereocenters. The lowest BCUT2D eigenvalue weighted by Gasteiger charge is -2.79. The molecular formula is C33H46N2O3. The molecule has 4 saturated carbocycles. The van der Waals surface area contributed by atoms with Crippen LogP contribution >= 0.6 is 0 Å². The Morgan fingerprint density at radius 2 is 2.03 bits per heavy atom. The number of fused-ring (bicyclic) bond motifs is 3. The number of aromatic hydroxyl groups is 1. The summed E-state index contributed by atoms with van der Waals surface area (Å²) in [6.45, 7) is 3.26. The van der Waals surface area contributed by atoms with Crippen LogP contribution in [0.3, 0.4) is 0 Å². The quantitative estimate of drug-likeness (QED) is 0.444. The van der Waals surface area contributed by atoms with Crippen molar-refractivity contribution in [2.45, 2.75) is 107 Å². The minimum absolute atomic E-state index is 0.0591. The number of hydrogen-bond donors (Lipinski definition) is 4. The van der Waals surface area contributed by atoms with Gasteiger partial charge in [0.1, 0.15) is 5.75 Å². The number of benzene rings is 1. The average Bonchev–Trinajstić information content (AvgIpc) is 2.88. The third-order valence-corrected chi connectivity index (χ3v) is 12.3. The number of rotatable bonds is 3. The van der Waals surface area contributed by atoms with Crippen LogP contribution in [0.25, 0.3) is 0 Å². The number of ether oxygens (including phenoxy) is 1. The van der Waals surface area contributed by atoms with E-state index in [-0.39, 0.29) is 41.0 Å². The SMILES string of the molecule is CNCc1cc(O)cc2c1C[C@H]1CCC[C@@H](C1)[C@@]13C[C@@]45CCC[C@@](C)(O1)[C@H]4[C@](N)([C@H](CO)CC5)[C@@H]3C#CC2. The van der Waals surface area contributed by atoms with Gasteiger partial charge < -0.3 is 26.0 Å². The first-order valence-corrected chi connectivity index (χ1v) is 15.3. The van der Waals surface area contributed by atoms with E-state index in [9.17, 15) is 10.2 Å². The monoisotopic (exact) mass is 518 g/mol. The van der Waals surface area contributed by atoms with Crippen LogP contribution in [0.15, 0.2) is 12.1 Å². The van der Waals surface area contributed by atoms with Crippen molar-refractivity contribution < 1.29 is 14.9 Å². The second-order valence-corrected chi connectivity index (χ2v) is 14.3. The molecule has 2 aliphatic heterocycles. The van der Waals surface area contributed by atoms with Crippen LogP contribution in [0, 0.1) is 46.8 Å². The zero-order valence-electron chi connectivity index (χ0n) is 23.3. The van der Waals surface area contributed by atoms with E-state index in [1.807, 2.05) is 19.2 Å². The van der Waals surface area contributed by atoms with E-state index in [4.69, 9.17) is 10.5 Å². The molecule has 2 heterocycles. The topological polar surface area (TPSA) is 87.7 Å². The Morgan fingerprint density at radius 1 is 1.16 bits per heavy atom. The molecule has 0 aromatic heterocycles. The summed E-state index contributed by atoms with van der Waals surface area (Å²) in [4.78, 5) is 0. The summed E-state index contributed by atoms with van der Waals surface area (Å²) in [5.41, 5.74) is 10.7. The smallest absolute Gasteiger partial charge is 0.116 e. The normalized spacial score (nSPS) is 46.7. The van der Waals surface area contributed by atoms with Crippen LogP contribution in [0.5, 0.6) is 5.75 Å². The standard InChI is InChI=1S/C33H46N2O3/c1-30-11-5-12-31-13-10-25(19-36)33(34,29(30)31)28-9-4-7-22-16-26(37)17-23(18-35-2)27(22)15-21-6-3-8-24(14-21)32(28,20-31)38-30/h16-17,21,24-25,28-29,35-37H,3,5-8,10-15,18-20,34H2,1-2H3/t21-,24-,25-,28+,29+,30+,31-,32+,33-/m0/s1. The van der Waals surface area contributed by atoms with E-state index in [0.717, 1.165) is 44.2 Å². The van der Waals surface area contributed by atoms with Crippen molar-refractivity contribution in [3.8, 4) is 17.6 Å². The Labute approximate surface area is 228 Å². The molecule has 0 radical (unpaired) electrons. The van der Waals surface area contributed by atoms with Crippen LogP contribution in [0.1, 0.15) is 87.8 Å². The second-order valence-electron chi connectivity index (χ2n) is 14.3. The number of phenolic OH excluding ortho intramolecular Hbond substituents is 1. The molecule has 1 spiro atoms. The molecule has 2 saturated heterocycles. The third kappa shape index (κ3) is 3.33. The number of aliphatic hydroxyl groups excluding tert-OH is 1. The molecule has 1 aromatic carbocycles. The average molecular weight is 519 g/mol. The zero-order chi connectivity index (χ0) is 26.3. The van der Waals surface area contributed by atoms with Gasteiger partial charge in [-0.25, -0.2) is 0 Å². The Balaban J connectivity index is 1.41. The summed E-state index contributed by atoms with van der Waals surface area (Å²) in [6, 6.07) is 3.88. The maximum atomic E-state index is 10.7. The molecule has 5 N–H and O–H groups in total. The Morgan fingerprint density at radius 3 is 2.84 bits per heavy atom. The van der Waals surface area contributed by atoms with E-state index in [2.05, 4.69) is 24.1 Å². The fraction of sp³-hybridized carbons (Fsp3) is 0.758. The van der Waals surface area contributed by atoms with E-state index in [1.165, 1.54) is 49.7 Å². The number of phenols is 1. The van der Waals surface area contributed by atoms with Crippen LogP contribution in [0.2, 0.25) is 0 Å². The van der Waals surface area contributed by atoms with E-state index < -0.39 is 5.54 Å². The van der Waals surface area contributed by atoms with Gasteiger partial charge in [-0.15, -0.1) is 0 Å². The lowest BCUT2D eigenvalue weighted by atomic mass is 9.33. The molecule has 5 nitrogen and oxygen atoms in total. The van der Waals surface area contributed by atoms with Gasteiger partial charge in [0.05, 0.1) is 17.1 Å². The summed E-state index contributed by atoms with van der Waals surface area (Å²) in [6.07, 6.45) is 13.3. The van der Waals surface area contributed by atoms with Crippen LogP contribution < -0.4 is 11.1 Å². The van der Waals surface area contributed by atoms with Gasteiger partial charge in [-0.3, -0.25) is 0 Å². The van der Waals surface area contributed by atoms with Gasteiger partial charge in [-0.05, 0) is 111 Å². The maximum Gasteiger partial charge on any atom is 0.116 e. The van der Waals surface area contributed by atoms with Gasteiger partial charge >= 0.3 is 0 Å². The molecule has 206 valence electrons. The molecule has 6 fully saturated rings. The zero-order valence-corrected chi connectivity index (χ0v) is 23.3. The highest BCUT2D eigenvalue weighted by atomic mass is 16.5. The maximum absolute atomic E-state index is 10.7. The fourth-order valence-corrected chi connectivity index (χ4v) is 11.4. The van der Waals surface area contributed by atoms with Crippen molar-refractivity contribution in [2.24, 2.45) is 40.7 Å². The minimum atomic E-state index is -0.522. The Bertz CT molecular complexity index is 1190. The van der Waals surface area contributed by atoms with Crippen LogP contribution in [0.4, 0.5) is 0 Å². The summed E-state index contributed by atoms with van der Waals surface area (Å²) in [5, 5.41) is 24.6. The summed E-state index contributed by atoms with van der Waals surface area (Å²) < 4.78 is 7.53. The van der Waals surface area contributed by atoms with Gasteiger partial charge in [0.15, 0.2) is 0 Å². The number of aliphatic hydroxyl groups is 1. The van der Waals surface area contributed by atoms with Gasteiger partial charge in [-0.1, -0.05) is 31.1 Å². The number of nitrogens with one attached hydrogen (secondary N) is 1. The molecular weight excluding hydrogens is 472 g/mol. The summed E-state index contributed by atoms with van der Waals surface area (Å²) in [5.74, 6) is 9.07. The number of hydrogen-bond acceptors (Lipinski definition) is 5. The van der Waals surface area contributed by atoms with Crippen LogP contribution in [-0.4, -0.2) is 40.6 Å². The van der Waals surface area contributed by atoms with Crippen molar-refractivity contribution in [3.63, 3.8) is 0 Å². The molecule has 38 heavy (non-hydrogen) atoms. The summed E-state index contributed by atoms with van der Waals surface area (Å²) in [7, 11) is 1.98. The highest BCUT2D eigenvalue weighted by Crippen LogP contribution is 2.75. The van der Waals surface area contributed by atoms with Crippen molar-refractivity contribution in [1.29, 1.82) is 0 Å². The molecule has 5 aliphatic carbocycles. The molecule has 1 aromatic rings. The molecule has 0 amide bonds. The first kappa shape index (κ1) is 25.4. The van der Waals surface area contributed by atoms with Crippen molar-refractivity contribution in [2.75, 3.05) is 13.7 Å². The van der Waals surface area contributed by atoms with Crippen molar-refractivity contribution in [1.82, 2.24) is 5.32 Å². The fourth-order valence-electron chi connectivity index (χ4n) is 11.4. The molecule has 7 bridgehead atoms. The predicted molar refractivity (Wildman–Crippen MR) is 148 cm³/mol. The minimum Gasteiger partial charge on any atom is -0.508 e. The number of nitrogens with two attached hydrogens (primary N) is 1. The van der Waals surface area contributed by atoms with Crippen molar-refractivity contribution >= 4 is 0 Å². The largest absolute Gasteiger partial charge is 0.508 e. The van der Waals surface area contributed by atoms with Gasteiger partial charge in [0.25, 0.3) is 0 Å². The van der Waals surface area contributed by atoms with E-state index in [0.29, 0.717) is 24.0 Å². The first-order valence-electron chi connectivity index (χ1n) is 15.3. The highest BCUT2D eigenvalue weighted by Gasteiger charge is 2.79.